The van der Waals surface area contributed by atoms with E-state index in [0.717, 1.165) is 53.5 Å². The minimum Gasteiger partial charge on any atom is -0.512 e. The molecule has 0 atom stereocenters. The molecule has 339 valence electrons. The third-order valence-corrected chi connectivity index (χ3v) is 15.6. The van der Waals surface area contributed by atoms with Crippen LogP contribution in [0.25, 0.3) is 53.7 Å². The fourth-order valence-corrected chi connectivity index (χ4v) is 12.4. The Hall–Kier alpha value is -3.88. The summed E-state index contributed by atoms with van der Waals surface area (Å²) in [7, 11) is -1.81. The smallest absolute Gasteiger partial charge is 0.394 e. The summed E-state index contributed by atoms with van der Waals surface area (Å²) in [6, 6.07) is 32.7. The first-order chi connectivity index (χ1) is 29.0. The van der Waals surface area contributed by atoms with Gasteiger partial charge >= 0.3 is 6.18 Å². The van der Waals surface area contributed by atoms with Crippen LogP contribution in [0.1, 0.15) is 99.1 Å². The van der Waals surface area contributed by atoms with Gasteiger partial charge in [-0.2, -0.15) is 13.2 Å². The van der Waals surface area contributed by atoms with Crippen molar-refractivity contribution >= 4 is 51.2 Å². The van der Waals surface area contributed by atoms with E-state index in [0.29, 0.717) is 5.56 Å². The molecule has 9 heteroatoms. The molecule has 3 nitrogen and oxygen atoms in total. The van der Waals surface area contributed by atoms with Crippen molar-refractivity contribution in [3.05, 3.63) is 120 Å². The Morgan fingerprint density at radius 3 is 1.84 bits per heavy atom. The van der Waals surface area contributed by atoms with Gasteiger partial charge in [-0.05, 0) is 76.4 Å². The Kier molecular flexibility index (Phi) is 17.2. The quantitative estimate of drug-likeness (QED) is 0.0543. The molecule has 0 amide bonds. The molecule has 2 heterocycles. The van der Waals surface area contributed by atoms with E-state index in [9.17, 15) is 23.1 Å². The first kappa shape index (κ1) is 51.7. The summed E-state index contributed by atoms with van der Waals surface area (Å²) in [5.41, 5.74) is 5.34. The van der Waals surface area contributed by atoms with Gasteiger partial charge < -0.3 is 5.11 Å². The molecule has 0 fully saturated rings. The second-order valence-electron chi connectivity index (χ2n) is 19.3. The second-order valence-corrected chi connectivity index (χ2v) is 25.3. The Labute approximate surface area is 393 Å². The normalized spacial score (nSPS) is 12.7. The Bertz CT molecular complexity index is 2500. The molecule has 1 radical (unpaired) electrons. The molecule has 6 rings (SSSR count). The summed E-state index contributed by atoms with van der Waals surface area (Å²) >= 11 is 1.82. The van der Waals surface area contributed by atoms with Crippen LogP contribution in [-0.2, 0) is 36.7 Å². The molecule has 0 aliphatic heterocycles. The molecule has 6 aromatic rings. The third kappa shape index (κ3) is 12.1. The van der Waals surface area contributed by atoms with Crippen LogP contribution in [0.5, 0.6) is 0 Å². The van der Waals surface area contributed by atoms with Gasteiger partial charge in [-0.15, -0.1) is 40.5 Å². The van der Waals surface area contributed by atoms with Crippen LogP contribution in [0, 0.1) is 23.3 Å². The van der Waals surface area contributed by atoms with Crippen LogP contribution in [0.2, 0.25) is 19.6 Å². The number of fused-ring (bicyclic) bond motifs is 2. The van der Waals surface area contributed by atoms with Gasteiger partial charge in [0.25, 0.3) is 0 Å². The molecular weight excluding hydrogens is 1000 g/mol. The minimum absolute atomic E-state index is 0. The van der Waals surface area contributed by atoms with E-state index in [2.05, 4.69) is 107 Å². The Morgan fingerprint density at radius 1 is 0.778 bits per heavy atom. The number of rotatable bonds is 13. The number of carbonyl (C=O) groups is 1. The minimum atomic E-state index is -4.25. The number of alkyl halides is 3. The molecule has 2 aromatic heterocycles. The van der Waals surface area contributed by atoms with Crippen molar-refractivity contribution in [3.63, 3.8) is 0 Å². The predicted octanol–water partition coefficient (Wildman–Crippen LogP) is 16.1. The van der Waals surface area contributed by atoms with Crippen molar-refractivity contribution in [3.8, 4) is 32.8 Å². The second kappa shape index (κ2) is 21.0. The topological polar surface area (TPSA) is 50.2 Å². The molecule has 0 saturated heterocycles. The van der Waals surface area contributed by atoms with Gasteiger partial charge in [-0.3, -0.25) is 9.78 Å². The number of aliphatic hydroxyl groups excluding tert-OH is 1. The van der Waals surface area contributed by atoms with Gasteiger partial charge in [0, 0.05) is 59.5 Å². The van der Waals surface area contributed by atoms with Gasteiger partial charge in [0.15, 0.2) is 5.78 Å². The first-order valence-corrected chi connectivity index (χ1v) is 26.4. The van der Waals surface area contributed by atoms with E-state index in [4.69, 9.17) is 4.98 Å². The molecule has 0 saturated carbocycles. The van der Waals surface area contributed by atoms with E-state index in [-0.39, 0.29) is 55.3 Å². The number of benzene rings is 4. The van der Waals surface area contributed by atoms with Crippen LogP contribution < -0.4 is 5.19 Å². The number of carbonyl (C=O) groups excluding carboxylic acids is 1. The SMILES string of the molecule is CC(C)(C)c1cc(-c2nccc3c([Si](C)(C)C)c(-c4ccc(-c5ccc(CC(C)(C)C(F)(F)F)cc5)cc4)sc23)[c-]c2ccccc12.CCC(CC)C(=O)/C=C(\O)C(CC)CC.[Ir]. The van der Waals surface area contributed by atoms with Crippen LogP contribution in [0.3, 0.4) is 0 Å². The number of nitrogens with zero attached hydrogens (tertiary/aromatic N) is 1. The number of hydrogen-bond donors (Lipinski definition) is 1. The maximum atomic E-state index is 13.4. The van der Waals surface area contributed by atoms with E-state index in [1.807, 2.05) is 69.5 Å². The molecule has 63 heavy (non-hydrogen) atoms. The zero-order valence-corrected chi connectivity index (χ0v) is 43.3. The fourth-order valence-electron chi connectivity index (χ4n) is 8.16. The molecule has 0 aliphatic rings. The largest absolute Gasteiger partial charge is 0.512 e. The number of aromatic nitrogens is 1. The predicted molar refractivity (Wildman–Crippen MR) is 261 cm³/mol. The number of aliphatic hydroxyl groups is 1. The van der Waals surface area contributed by atoms with E-state index in [1.165, 1.54) is 56.6 Å². The van der Waals surface area contributed by atoms with Gasteiger partial charge in [0.1, 0.15) is 0 Å². The summed E-state index contributed by atoms with van der Waals surface area (Å²) in [5, 5.41) is 14.8. The van der Waals surface area contributed by atoms with Crippen molar-refractivity contribution in [2.45, 2.75) is 126 Å². The maximum absolute atomic E-state index is 13.4. The van der Waals surface area contributed by atoms with Gasteiger partial charge in [-0.1, -0.05) is 160 Å². The van der Waals surface area contributed by atoms with Crippen molar-refractivity contribution in [1.29, 1.82) is 0 Å². The summed E-state index contributed by atoms with van der Waals surface area (Å²) in [5.74, 6) is 0.547. The van der Waals surface area contributed by atoms with Crippen LogP contribution in [-0.4, -0.2) is 30.1 Å². The van der Waals surface area contributed by atoms with E-state index in [1.54, 1.807) is 0 Å². The van der Waals surface area contributed by atoms with Crippen molar-refractivity contribution in [1.82, 2.24) is 4.98 Å². The van der Waals surface area contributed by atoms with Crippen molar-refractivity contribution in [2.24, 2.45) is 17.3 Å². The fraction of sp³-hybridized carbons (Fsp3) is 0.407. The number of halogens is 3. The number of hydrogen-bond acceptors (Lipinski definition) is 4. The maximum Gasteiger partial charge on any atom is 0.394 e. The van der Waals surface area contributed by atoms with Crippen molar-refractivity contribution < 1.29 is 43.2 Å². The molecule has 1 N–H and O–H groups in total. The zero-order chi connectivity index (χ0) is 45.8. The molecule has 0 bridgehead atoms. The average molecular weight is 1070 g/mol. The average Bonchev–Trinajstić information content (AvgIpc) is 3.62. The third-order valence-electron chi connectivity index (χ3n) is 12.1. The summed E-state index contributed by atoms with van der Waals surface area (Å²) in [6.07, 6.45) is 2.55. The number of pyridine rings is 1. The number of ketones is 1. The number of allylic oxidation sites excluding steroid dienone is 2. The first-order valence-electron chi connectivity index (χ1n) is 22.1. The van der Waals surface area contributed by atoms with Crippen molar-refractivity contribution in [2.75, 3.05) is 0 Å². The Balaban J connectivity index is 0.000000467. The van der Waals surface area contributed by atoms with Gasteiger partial charge in [-0.25, -0.2) is 0 Å². The zero-order valence-electron chi connectivity index (χ0n) is 39.1. The monoisotopic (exact) mass is 1070 g/mol. The molecule has 0 spiro atoms. The molecule has 0 unspecified atom stereocenters. The van der Waals surface area contributed by atoms with Crippen LogP contribution in [0.4, 0.5) is 13.2 Å². The molecule has 0 aliphatic carbocycles. The van der Waals surface area contributed by atoms with E-state index < -0.39 is 19.7 Å². The molecule has 4 aromatic carbocycles. The summed E-state index contributed by atoms with van der Waals surface area (Å²) < 4.78 is 41.5. The van der Waals surface area contributed by atoms with Gasteiger partial charge in [0.05, 0.1) is 19.2 Å². The number of thiophene rings is 1. The van der Waals surface area contributed by atoms with E-state index >= 15 is 0 Å². The standard InChI is InChI=1S/C41H41F3NSSi.C13H24O2.Ir/c1-39(2,3)34-24-31(23-30-11-9-10-12-32(30)34)35-37-33(21-22-45-35)38(47(6,7)8)36(46-37)29-19-17-28(18-20-29)27-15-13-26(14-16-27)25-40(4,5)41(42,43)44;1-5-10(6-2)12(14)9-13(15)11(7-3)8-4;/h9-22,24H,25H2,1-8H3;9-11,14H,5-8H2,1-4H3;/q-1;;/b;12-9-;. The van der Waals surface area contributed by atoms with Gasteiger partial charge in [0.2, 0.25) is 0 Å². The summed E-state index contributed by atoms with van der Waals surface area (Å²) in [6.45, 7) is 24.5. The molecular formula is C54H65F3IrNO2SSi-. The Morgan fingerprint density at radius 2 is 1.32 bits per heavy atom. The summed E-state index contributed by atoms with van der Waals surface area (Å²) in [4.78, 5) is 18.0. The van der Waals surface area contributed by atoms with Crippen LogP contribution in [0.15, 0.2) is 103 Å². The van der Waals surface area contributed by atoms with Crippen LogP contribution >= 0.6 is 11.3 Å².